The van der Waals surface area contributed by atoms with Gasteiger partial charge in [0.25, 0.3) is 0 Å². The van der Waals surface area contributed by atoms with Gasteiger partial charge < -0.3 is 9.32 Å². The second-order valence-corrected chi connectivity index (χ2v) is 13.4. The Morgan fingerprint density at radius 1 is 0.321 bits per heavy atom. The summed E-state index contributed by atoms with van der Waals surface area (Å²) in [5.41, 5.74) is 15.9. The standard InChI is InChI=1S/C51H37NO/c1-36-49-20-8-9-21-50(49)53-51(36)45-18-11-19-48(35-45)52(46-30-26-41(27-31-46)40-24-22-39(23-25-40)37-12-4-2-5-13-37)47-32-28-42(29-33-47)44-17-10-16-43(34-44)38-14-6-3-7-15-38/h2-35H,1H3. The van der Waals surface area contributed by atoms with Gasteiger partial charge in [-0.05, 0) is 100.0 Å². The number of anilines is 3. The quantitative estimate of drug-likeness (QED) is 0.159. The van der Waals surface area contributed by atoms with Gasteiger partial charge in [0.1, 0.15) is 11.3 Å². The van der Waals surface area contributed by atoms with Crippen LogP contribution in [0.3, 0.4) is 0 Å². The van der Waals surface area contributed by atoms with Gasteiger partial charge in [0.15, 0.2) is 0 Å². The fraction of sp³-hybridized carbons (Fsp3) is 0.0196. The molecule has 0 unspecified atom stereocenters. The molecular weight excluding hydrogens is 643 g/mol. The van der Waals surface area contributed by atoms with Crippen molar-refractivity contribution in [2.24, 2.45) is 0 Å². The molecule has 1 aromatic heterocycles. The highest BCUT2D eigenvalue weighted by Gasteiger charge is 2.17. The van der Waals surface area contributed by atoms with E-state index in [4.69, 9.17) is 4.42 Å². The Labute approximate surface area is 310 Å². The lowest BCUT2D eigenvalue weighted by Gasteiger charge is -2.26. The predicted octanol–water partition coefficient (Wildman–Crippen LogP) is 14.5. The van der Waals surface area contributed by atoms with Crippen LogP contribution in [0.25, 0.3) is 66.8 Å². The molecule has 9 rings (SSSR count). The molecule has 252 valence electrons. The summed E-state index contributed by atoms with van der Waals surface area (Å²) in [6, 6.07) is 73.3. The van der Waals surface area contributed by atoms with Crippen LogP contribution in [0.15, 0.2) is 211 Å². The minimum absolute atomic E-state index is 0.899. The number of hydrogen-bond acceptors (Lipinski definition) is 2. The molecule has 0 fully saturated rings. The van der Waals surface area contributed by atoms with E-state index in [1.54, 1.807) is 0 Å². The third-order valence-corrected chi connectivity index (χ3v) is 10.1. The van der Waals surface area contributed by atoms with Crippen molar-refractivity contribution in [2.45, 2.75) is 6.92 Å². The number of rotatable bonds is 8. The summed E-state index contributed by atoms with van der Waals surface area (Å²) in [5.74, 6) is 0.899. The molecular formula is C51H37NO. The summed E-state index contributed by atoms with van der Waals surface area (Å²) in [6.07, 6.45) is 0. The third kappa shape index (κ3) is 6.44. The molecule has 8 aromatic carbocycles. The second kappa shape index (κ2) is 14.0. The third-order valence-electron chi connectivity index (χ3n) is 10.1. The molecule has 53 heavy (non-hydrogen) atoms. The minimum atomic E-state index is 0.899. The molecule has 0 bridgehead atoms. The summed E-state index contributed by atoms with van der Waals surface area (Å²) < 4.78 is 6.42. The fourth-order valence-electron chi connectivity index (χ4n) is 7.28. The number of nitrogens with zero attached hydrogens (tertiary/aromatic N) is 1. The van der Waals surface area contributed by atoms with Gasteiger partial charge in [-0.2, -0.15) is 0 Å². The second-order valence-electron chi connectivity index (χ2n) is 13.4. The first-order valence-corrected chi connectivity index (χ1v) is 18.1. The van der Waals surface area contributed by atoms with Crippen molar-refractivity contribution in [1.29, 1.82) is 0 Å². The van der Waals surface area contributed by atoms with Crippen molar-refractivity contribution < 1.29 is 4.42 Å². The molecule has 9 aromatic rings. The zero-order valence-electron chi connectivity index (χ0n) is 29.5. The van der Waals surface area contributed by atoms with Crippen molar-refractivity contribution in [3.8, 4) is 55.8 Å². The smallest absolute Gasteiger partial charge is 0.138 e. The number of hydrogen-bond donors (Lipinski definition) is 0. The van der Waals surface area contributed by atoms with Crippen molar-refractivity contribution in [3.05, 3.63) is 212 Å². The van der Waals surface area contributed by atoms with E-state index in [1.807, 2.05) is 12.1 Å². The Bertz CT molecular complexity index is 2640. The number of fused-ring (bicyclic) bond motifs is 1. The van der Waals surface area contributed by atoms with E-state index in [-0.39, 0.29) is 0 Å². The highest BCUT2D eigenvalue weighted by atomic mass is 16.3. The normalized spacial score (nSPS) is 11.1. The van der Waals surface area contributed by atoms with Crippen LogP contribution in [0, 0.1) is 6.92 Å². The molecule has 2 nitrogen and oxygen atoms in total. The van der Waals surface area contributed by atoms with Crippen LogP contribution in [0.5, 0.6) is 0 Å². The predicted molar refractivity (Wildman–Crippen MR) is 223 cm³/mol. The Balaban J connectivity index is 1.09. The first kappa shape index (κ1) is 32.0. The number of benzene rings is 8. The summed E-state index contributed by atoms with van der Waals surface area (Å²) >= 11 is 0. The van der Waals surface area contributed by atoms with E-state index < -0.39 is 0 Å². The Morgan fingerprint density at radius 2 is 0.736 bits per heavy atom. The lowest BCUT2D eigenvalue weighted by molar-refractivity contribution is 0.629. The van der Waals surface area contributed by atoms with Gasteiger partial charge in [-0.15, -0.1) is 0 Å². The average Bonchev–Trinajstić information content (AvgIpc) is 3.58. The lowest BCUT2D eigenvalue weighted by Crippen LogP contribution is -2.10. The molecule has 1 heterocycles. The van der Waals surface area contributed by atoms with E-state index in [0.717, 1.165) is 44.9 Å². The molecule has 0 aliphatic rings. The van der Waals surface area contributed by atoms with E-state index in [2.05, 4.69) is 206 Å². The molecule has 0 radical (unpaired) electrons. The molecule has 0 spiro atoms. The zero-order chi connectivity index (χ0) is 35.6. The van der Waals surface area contributed by atoms with Crippen molar-refractivity contribution >= 4 is 28.0 Å². The van der Waals surface area contributed by atoms with Crippen LogP contribution in [0.2, 0.25) is 0 Å². The minimum Gasteiger partial charge on any atom is -0.456 e. The van der Waals surface area contributed by atoms with Crippen molar-refractivity contribution in [1.82, 2.24) is 0 Å². The monoisotopic (exact) mass is 679 g/mol. The number of furan rings is 1. The van der Waals surface area contributed by atoms with Gasteiger partial charge in [0.05, 0.1) is 0 Å². The molecule has 0 aliphatic heterocycles. The average molecular weight is 680 g/mol. The largest absolute Gasteiger partial charge is 0.456 e. The highest BCUT2D eigenvalue weighted by molar-refractivity contribution is 5.89. The van der Waals surface area contributed by atoms with Crippen LogP contribution in [0.1, 0.15) is 5.56 Å². The maximum atomic E-state index is 6.42. The summed E-state index contributed by atoms with van der Waals surface area (Å²) in [7, 11) is 0. The summed E-state index contributed by atoms with van der Waals surface area (Å²) in [5, 5.41) is 1.14. The van der Waals surface area contributed by atoms with E-state index in [9.17, 15) is 0 Å². The molecule has 0 amide bonds. The van der Waals surface area contributed by atoms with Crippen LogP contribution < -0.4 is 4.90 Å². The van der Waals surface area contributed by atoms with Gasteiger partial charge in [0.2, 0.25) is 0 Å². The molecule has 0 atom stereocenters. The molecule has 2 heteroatoms. The van der Waals surface area contributed by atoms with Gasteiger partial charge in [-0.25, -0.2) is 0 Å². The Kier molecular flexibility index (Phi) is 8.47. The molecule has 0 saturated heterocycles. The number of para-hydroxylation sites is 1. The van der Waals surface area contributed by atoms with Crippen LogP contribution in [-0.2, 0) is 0 Å². The summed E-state index contributed by atoms with van der Waals surface area (Å²) in [4.78, 5) is 2.33. The first-order chi connectivity index (χ1) is 26.2. The maximum absolute atomic E-state index is 6.42. The maximum Gasteiger partial charge on any atom is 0.138 e. The Morgan fingerprint density at radius 3 is 1.30 bits per heavy atom. The zero-order valence-corrected chi connectivity index (χ0v) is 29.5. The van der Waals surface area contributed by atoms with E-state index in [1.165, 1.54) is 44.5 Å². The van der Waals surface area contributed by atoms with Crippen LogP contribution >= 0.6 is 0 Å². The van der Waals surface area contributed by atoms with Gasteiger partial charge in [0, 0.05) is 33.6 Å². The van der Waals surface area contributed by atoms with Gasteiger partial charge >= 0.3 is 0 Å². The van der Waals surface area contributed by atoms with E-state index in [0.29, 0.717) is 0 Å². The van der Waals surface area contributed by atoms with Gasteiger partial charge in [-0.1, -0.05) is 158 Å². The van der Waals surface area contributed by atoms with Crippen LogP contribution in [-0.4, -0.2) is 0 Å². The molecule has 0 saturated carbocycles. The fourth-order valence-corrected chi connectivity index (χ4v) is 7.28. The summed E-state index contributed by atoms with van der Waals surface area (Å²) in [6.45, 7) is 2.14. The van der Waals surface area contributed by atoms with Crippen molar-refractivity contribution in [3.63, 3.8) is 0 Å². The molecule has 0 aliphatic carbocycles. The van der Waals surface area contributed by atoms with Gasteiger partial charge in [-0.3, -0.25) is 0 Å². The lowest BCUT2D eigenvalue weighted by atomic mass is 9.98. The number of aryl methyl sites for hydroxylation is 1. The highest BCUT2D eigenvalue weighted by Crippen LogP contribution is 2.40. The first-order valence-electron chi connectivity index (χ1n) is 18.1. The SMILES string of the molecule is Cc1c(-c2cccc(N(c3ccc(-c4ccc(-c5ccccc5)cc4)cc3)c3ccc(-c4cccc(-c5ccccc5)c4)cc3)c2)oc2ccccc12. The topological polar surface area (TPSA) is 16.4 Å². The van der Waals surface area contributed by atoms with Crippen molar-refractivity contribution in [2.75, 3.05) is 4.90 Å². The van der Waals surface area contributed by atoms with Crippen LogP contribution in [0.4, 0.5) is 17.1 Å². The Hall–Kier alpha value is -6.90. The molecule has 0 N–H and O–H groups in total. The van der Waals surface area contributed by atoms with E-state index >= 15 is 0 Å².